The molecule has 0 atom stereocenters. The lowest BCUT2D eigenvalue weighted by atomic mass is 10.2. The fourth-order valence-corrected chi connectivity index (χ4v) is 2.61. The minimum absolute atomic E-state index is 0.483. The normalized spacial score (nSPS) is 15.4. The smallest absolute Gasteiger partial charge is 0.122 e. The van der Waals surface area contributed by atoms with Gasteiger partial charge < -0.3 is 9.88 Å². The molecule has 5 heteroatoms. The Bertz CT molecular complexity index is 590. The molecule has 0 aliphatic carbocycles. The first-order valence-electron chi connectivity index (χ1n) is 7.61. The quantitative estimate of drug-likeness (QED) is 0.910. The van der Waals surface area contributed by atoms with Crippen LogP contribution >= 0.6 is 0 Å². The van der Waals surface area contributed by atoms with E-state index in [1.54, 1.807) is 0 Å². The Kier molecular flexibility index (Phi) is 4.31. The second kappa shape index (κ2) is 6.37. The summed E-state index contributed by atoms with van der Waals surface area (Å²) in [5.41, 5.74) is 2.25. The van der Waals surface area contributed by atoms with Crippen molar-refractivity contribution in [2.24, 2.45) is 0 Å². The van der Waals surface area contributed by atoms with Gasteiger partial charge >= 0.3 is 0 Å². The van der Waals surface area contributed by atoms with E-state index in [2.05, 4.69) is 58.0 Å². The Hall–Kier alpha value is -1.72. The van der Waals surface area contributed by atoms with Gasteiger partial charge in [0.05, 0.1) is 17.9 Å². The molecule has 2 aromatic heterocycles. The molecule has 1 aliphatic heterocycles. The third kappa shape index (κ3) is 3.68. The molecule has 5 nitrogen and oxygen atoms in total. The zero-order valence-electron chi connectivity index (χ0n) is 12.8. The Labute approximate surface area is 126 Å². The van der Waals surface area contributed by atoms with Crippen molar-refractivity contribution in [3.8, 4) is 0 Å². The Balaban J connectivity index is 1.61. The van der Waals surface area contributed by atoms with Crippen molar-refractivity contribution < 1.29 is 0 Å². The molecular weight excluding hydrogens is 262 g/mol. The van der Waals surface area contributed by atoms with Crippen molar-refractivity contribution in [1.82, 2.24) is 24.8 Å². The average molecular weight is 285 g/mol. The zero-order valence-corrected chi connectivity index (χ0v) is 12.8. The molecule has 1 N–H and O–H groups in total. The van der Waals surface area contributed by atoms with Gasteiger partial charge in [0.15, 0.2) is 0 Å². The molecule has 0 radical (unpaired) electrons. The molecule has 3 heterocycles. The second-order valence-corrected chi connectivity index (χ2v) is 5.90. The third-order valence-electron chi connectivity index (χ3n) is 3.77. The summed E-state index contributed by atoms with van der Waals surface area (Å²) >= 11 is 0. The van der Waals surface area contributed by atoms with Gasteiger partial charge in [-0.3, -0.25) is 9.88 Å². The molecule has 2 aromatic rings. The van der Waals surface area contributed by atoms with Gasteiger partial charge in [-0.2, -0.15) is 0 Å². The number of pyridine rings is 1. The molecule has 0 unspecified atom stereocenters. The van der Waals surface area contributed by atoms with E-state index in [0.29, 0.717) is 6.04 Å². The Morgan fingerprint density at radius 2 is 2.10 bits per heavy atom. The lowest BCUT2D eigenvalue weighted by molar-refractivity contribution is 0.206. The summed E-state index contributed by atoms with van der Waals surface area (Å²) in [7, 11) is 0. The molecule has 1 aliphatic rings. The van der Waals surface area contributed by atoms with Gasteiger partial charge in [-0.25, -0.2) is 4.98 Å². The summed E-state index contributed by atoms with van der Waals surface area (Å²) in [6, 6.07) is 6.78. The molecule has 0 saturated carbocycles. The average Bonchev–Trinajstić information content (AvgIpc) is 2.93. The Morgan fingerprint density at radius 3 is 2.95 bits per heavy atom. The zero-order chi connectivity index (χ0) is 14.7. The number of rotatable bonds is 5. The van der Waals surface area contributed by atoms with Gasteiger partial charge in [-0.05, 0) is 12.1 Å². The van der Waals surface area contributed by atoms with Crippen LogP contribution in [0.25, 0.3) is 0 Å². The fourth-order valence-electron chi connectivity index (χ4n) is 2.61. The van der Waals surface area contributed by atoms with Crippen LogP contribution < -0.4 is 5.32 Å². The van der Waals surface area contributed by atoms with Crippen molar-refractivity contribution in [2.75, 3.05) is 6.54 Å². The van der Waals surface area contributed by atoms with Crippen LogP contribution in [0.3, 0.4) is 0 Å². The maximum atomic E-state index is 4.75. The molecule has 0 spiro atoms. The molecule has 0 amide bonds. The largest absolute Gasteiger partial charge is 0.333 e. The van der Waals surface area contributed by atoms with Gasteiger partial charge in [0.25, 0.3) is 0 Å². The summed E-state index contributed by atoms with van der Waals surface area (Å²) in [6.07, 6.45) is 3.94. The van der Waals surface area contributed by atoms with Crippen molar-refractivity contribution in [3.05, 3.63) is 47.8 Å². The summed E-state index contributed by atoms with van der Waals surface area (Å²) in [5, 5.41) is 3.41. The monoisotopic (exact) mass is 285 g/mol. The predicted molar refractivity (Wildman–Crippen MR) is 82.6 cm³/mol. The molecule has 0 fully saturated rings. The topological polar surface area (TPSA) is 46.0 Å². The highest BCUT2D eigenvalue weighted by molar-refractivity contribution is 5.11. The Morgan fingerprint density at radius 1 is 1.24 bits per heavy atom. The van der Waals surface area contributed by atoms with E-state index in [4.69, 9.17) is 4.98 Å². The summed E-state index contributed by atoms with van der Waals surface area (Å²) in [5.74, 6) is 1.15. The van der Waals surface area contributed by atoms with Crippen LogP contribution in [0.15, 0.2) is 30.6 Å². The first-order chi connectivity index (χ1) is 10.2. The number of aromatic nitrogens is 3. The highest BCUT2D eigenvalue weighted by Gasteiger charge is 2.16. The van der Waals surface area contributed by atoms with E-state index in [1.807, 2.05) is 6.20 Å². The van der Waals surface area contributed by atoms with Crippen LogP contribution in [0.5, 0.6) is 0 Å². The van der Waals surface area contributed by atoms with Crippen LogP contribution in [-0.2, 0) is 26.2 Å². The number of imidazole rings is 1. The minimum Gasteiger partial charge on any atom is -0.333 e. The molecular formula is C16H23N5. The number of hydrogen-bond donors (Lipinski definition) is 1. The lowest BCUT2D eigenvalue weighted by Gasteiger charge is -2.27. The number of hydrogen-bond acceptors (Lipinski definition) is 4. The highest BCUT2D eigenvalue weighted by atomic mass is 15.2. The number of nitrogens with one attached hydrogen (secondary N) is 1. The van der Waals surface area contributed by atoms with Gasteiger partial charge in [0, 0.05) is 44.6 Å². The van der Waals surface area contributed by atoms with Gasteiger partial charge in [-0.1, -0.05) is 19.9 Å². The van der Waals surface area contributed by atoms with Crippen molar-refractivity contribution >= 4 is 0 Å². The molecule has 0 bridgehead atoms. The van der Waals surface area contributed by atoms with Crippen LogP contribution in [-0.4, -0.2) is 32.0 Å². The third-order valence-corrected chi connectivity index (χ3v) is 3.77. The van der Waals surface area contributed by atoms with Crippen molar-refractivity contribution in [3.63, 3.8) is 0 Å². The van der Waals surface area contributed by atoms with E-state index >= 15 is 0 Å². The second-order valence-electron chi connectivity index (χ2n) is 5.90. The SMILES string of the molecule is CC(C)NCc1cccc(CN2CCn3ccnc3C2)n1. The van der Waals surface area contributed by atoms with E-state index in [1.165, 1.54) is 0 Å². The fraction of sp³-hybridized carbons (Fsp3) is 0.500. The predicted octanol–water partition coefficient (Wildman–Crippen LogP) is 1.79. The van der Waals surface area contributed by atoms with E-state index in [0.717, 1.165) is 49.9 Å². The molecule has 3 rings (SSSR count). The van der Waals surface area contributed by atoms with Gasteiger partial charge in [0.2, 0.25) is 0 Å². The first-order valence-corrected chi connectivity index (χ1v) is 7.61. The maximum absolute atomic E-state index is 4.75. The minimum atomic E-state index is 0.483. The molecule has 0 saturated heterocycles. The van der Waals surface area contributed by atoms with Crippen molar-refractivity contribution in [2.45, 2.75) is 46.1 Å². The van der Waals surface area contributed by atoms with Gasteiger partial charge in [0.1, 0.15) is 5.82 Å². The summed E-state index contributed by atoms with van der Waals surface area (Å²) in [6.45, 7) is 9.00. The van der Waals surface area contributed by atoms with Crippen LogP contribution in [0.4, 0.5) is 0 Å². The van der Waals surface area contributed by atoms with Crippen molar-refractivity contribution in [1.29, 1.82) is 0 Å². The molecule has 112 valence electrons. The van der Waals surface area contributed by atoms with Crippen LogP contribution in [0.2, 0.25) is 0 Å². The summed E-state index contributed by atoms with van der Waals surface area (Å²) < 4.78 is 2.23. The number of fused-ring (bicyclic) bond motifs is 1. The molecule has 0 aromatic carbocycles. The summed E-state index contributed by atoms with van der Waals surface area (Å²) in [4.78, 5) is 11.6. The first kappa shape index (κ1) is 14.2. The maximum Gasteiger partial charge on any atom is 0.122 e. The lowest BCUT2D eigenvalue weighted by Crippen LogP contribution is -2.33. The van der Waals surface area contributed by atoms with E-state index in [-0.39, 0.29) is 0 Å². The standard InChI is InChI=1S/C16H23N5/c1-13(2)18-10-14-4-3-5-15(19-14)11-20-8-9-21-7-6-17-16(21)12-20/h3-7,13,18H,8-12H2,1-2H3. The van der Waals surface area contributed by atoms with E-state index in [9.17, 15) is 0 Å². The van der Waals surface area contributed by atoms with Crippen LogP contribution in [0, 0.1) is 0 Å². The molecule has 21 heavy (non-hydrogen) atoms. The highest BCUT2D eigenvalue weighted by Crippen LogP contribution is 2.13. The van der Waals surface area contributed by atoms with Gasteiger partial charge in [-0.15, -0.1) is 0 Å². The van der Waals surface area contributed by atoms with E-state index < -0.39 is 0 Å². The number of nitrogens with zero attached hydrogens (tertiary/aromatic N) is 4. The van der Waals surface area contributed by atoms with Crippen LogP contribution in [0.1, 0.15) is 31.1 Å².